The smallest absolute Gasteiger partial charge is 0.349 e. The minimum atomic E-state index is -0.601. The zero-order chi connectivity index (χ0) is 18.8. The molecule has 27 heavy (non-hydrogen) atoms. The number of rotatable bonds is 5. The quantitative estimate of drug-likeness (QED) is 0.826. The molecule has 1 aliphatic carbocycles. The number of amides is 1. The number of aryl methyl sites for hydroxylation is 1. The Morgan fingerprint density at radius 3 is 2.78 bits per heavy atom. The van der Waals surface area contributed by atoms with Crippen LogP contribution in [-0.2, 0) is 6.54 Å². The van der Waals surface area contributed by atoms with Crippen LogP contribution in [0.4, 0.5) is 0 Å². The molecule has 1 saturated carbocycles. The Hall–Kier alpha value is -2.48. The second-order valence-corrected chi connectivity index (χ2v) is 7.40. The van der Waals surface area contributed by atoms with Gasteiger partial charge in [-0.05, 0) is 50.8 Å². The molecule has 2 aromatic rings. The van der Waals surface area contributed by atoms with Crippen molar-refractivity contribution in [2.45, 2.75) is 57.4 Å². The van der Waals surface area contributed by atoms with Crippen molar-refractivity contribution in [3.63, 3.8) is 0 Å². The Morgan fingerprint density at radius 2 is 2.11 bits per heavy atom. The van der Waals surface area contributed by atoms with E-state index in [4.69, 9.17) is 8.94 Å². The van der Waals surface area contributed by atoms with Gasteiger partial charge in [-0.1, -0.05) is 11.6 Å². The van der Waals surface area contributed by atoms with Crippen molar-refractivity contribution < 1.29 is 13.7 Å². The van der Waals surface area contributed by atoms with E-state index >= 15 is 0 Å². The van der Waals surface area contributed by atoms with Gasteiger partial charge in [0.05, 0.1) is 6.54 Å². The average molecular weight is 372 g/mol. The molecule has 1 aliphatic heterocycles. The molecule has 3 heterocycles. The molecule has 0 bridgehead atoms. The summed E-state index contributed by atoms with van der Waals surface area (Å²) >= 11 is 0. The summed E-state index contributed by atoms with van der Waals surface area (Å²) in [4.78, 5) is 29.2. The molecule has 2 fully saturated rings. The lowest BCUT2D eigenvalue weighted by molar-refractivity contribution is 0.0944. The van der Waals surface area contributed by atoms with Gasteiger partial charge in [-0.3, -0.25) is 4.79 Å². The largest absolute Gasteiger partial charge is 0.427 e. The van der Waals surface area contributed by atoms with Crippen LogP contribution in [0.5, 0.6) is 0 Å². The molecular weight excluding hydrogens is 348 g/mol. The van der Waals surface area contributed by atoms with Gasteiger partial charge in [-0.2, -0.15) is 4.98 Å². The van der Waals surface area contributed by atoms with Crippen molar-refractivity contribution in [1.29, 1.82) is 0 Å². The fourth-order valence-electron chi connectivity index (χ4n) is 3.61. The third kappa shape index (κ3) is 3.80. The number of carbonyl (C=O) groups is 1. The number of piperidine rings is 1. The summed E-state index contributed by atoms with van der Waals surface area (Å²) in [6.07, 6.45) is 5.33. The van der Waals surface area contributed by atoms with Crippen LogP contribution in [0.2, 0.25) is 0 Å². The normalized spacial score (nSPS) is 20.3. The van der Waals surface area contributed by atoms with Crippen molar-refractivity contribution in [1.82, 2.24) is 20.8 Å². The standard InChI is InChI=1S/C19H24N4O4/c1-11-8-14(13-6-3-7-20-9-13)26-19(25)16(11)17(24)21-10-15-22-18(27-23-15)12-4-2-5-12/h8,12-13,20H,2-7,9-10H2,1H3,(H,21,24). The molecule has 1 unspecified atom stereocenters. The van der Waals surface area contributed by atoms with Crippen LogP contribution in [0.15, 0.2) is 19.8 Å². The lowest BCUT2D eigenvalue weighted by atomic mass is 9.85. The van der Waals surface area contributed by atoms with Crippen molar-refractivity contribution >= 4 is 5.91 Å². The molecule has 8 nitrogen and oxygen atoms in total. The molecule has 1 atom stereocenters. The summed E-state index contributed by atoms with van der Waals surface area (Å²) in [5.74, 6) is 1.72. The molecule has 0 aromatic carbocycles. The maximum atomic E-state index is 12.5. The van der Waals surface area contributed by atoms with Gasteiger partial charge in [-0.15, -0.1) is 0 Å². The molecule has 2 N–H and O–H groups in total. The first kappa shape index (κ1) is 17.9. The maximum Gasteiger partial charge on any atom is 0.349 e. The molecule has 4 rings (SSSR count). The topological polar surface area (TPSA) is 110 Å². The van der Waals surface area contributed by atoms with Crippen molar-refractivity contribution in [3.8, 4) is 0 Å². The van der Waals surface area contributed by atoms with Gasteiger partial charge in [0.25, 0.3) is 5.91 Å². The molecule has 0 spiro atoms. The minimum Gasteiger partial charge on any atom is -0.427 e. The van der Waals surface area contributed by atoms with Gasteiger partial charge in [0, 0.05) is 18.4 Å². The van der Waals surface area contributed by atoms with Crippen molar-refractivity contribution in [3.05, 3.63) is 45.1 Å². The number of aromatic nitrogens is 2. The lowest BCUT2D eigenvalue weighted by Gasteiger charge is -2.22. The second kappa shape index (κ2) is 7.64. The van der Waals surface area contributed by atoms with Crippen LogP contribution in [0.1, 0.15) is 77.3 Å². The summed E-state index contributed by atoms with van der Waals surface area (Å²) in [6.45, 7) is 3.64. The Bertz CT molecular complexity index is 878. The highest BCUT2D eigenvalue weighted by Gasteiger charge is 2.26. The number of nitrogens with zero attached hydrogens (tertiary/aromatic N) is 2. The van der Waals surface area contributed by atoms with E-state index in [0.717, 1.165) is 38.8 Å². The predicted octanol–water partition coefficient (Wildman–Crippen LogP) is 2.00. The Labute approximate surface area is 156 Å². The first-order chi connectivity index (χ1) is 13.1. The molecule has 8 heteroatoms. The van der Waals surface area contributed by atoms with Gasteiger partial charge >= 0.3 is 5.63 Å². The summed E-state index contributed by atoms with van der Waals surface area (Å²) in [5, 5.41) is 9.89. The third-order valence-corrected chi connectivity index (χ3v) is 5.44. The SMILES string of the molecule is Cc1cc(C2CCCNC2)oc(=O)c1C(=O)NCc1noc(C2CCC2)n1. The Balaban J connectivity index is 1.43. The molecule has 1 saturated heterocycles. The number of carbonyl (C=O) groups excluding carboxylic acids is 1. The van der Waals surface area contributed by atoms with E-state index in [2.05, 4.69) is 20.8 Å². The minimum absolute atomic E-state index is 0.0326. The zero-order valence-corrected chi connectivity index (χ0v) is 15.4. The highest BCUT2D eigenvalue weighted by molar-refractivity contribution is 5.95. The van der Waals surface area contributed by atoms with E-state index < -0.39 is 11.5 Å². The maximum absolute atomic E-state index is 12.5. The molecule has 2 aromatic heterocycles. The van der Waals surface area contributed by atoms with Crippen LogP contribution in [0.25, 0.3) is 0 Å². The Kier molecular flexibility index (Phi) is 5.07. The first-order valence-electron chi connectivity index (χ1n) is 9.58. The first-order valence-corrected chi connectivity index (χ1v) is 9.58. The van der Waals surface area contributed by atoms with Crippen LogP contribution in [0.3, 0.4) is 0 Å². The van der Waals surface area contributed by atoms with Crippen molar-refractivity contribution in [2.24, 2.45) is 0 Å². The summed E-state index contributed by atoms with van der Waals surface area (Å²) in [6, 6.07) is 1.80. The molecule has 1 amide bonds. The molecule has 0 radical (unpaired) electrons. The van der Waals surface area contributed by atoms with Crippen LogP contribution < -0.4 is 16.3 Å². The fourth-order valence-corrected chi connectivity index (χ4v) is 3.61. The van der Waals surface area contributed by atoms with Crippen LogP contribution >= 0.6 is 0 Å². The van der Waals surface area contributed by atoms with E-state index in [1.54, 1.807) is 13.0 Å². The number of hydrogen-bond acceptors (Lipinski definition) is 7. The second-order valence-electron chi connectivity index (χ2n) is 7.40. The van der Waals surface area contributed by atoms with E-state index in [9.17, 15) is 9.59 Å². The van der Waals surface area contributed by atoms with Gasteiger partial charge in [0.15, 0.2) is 5.82 Å². The molecule has 144 valence electrons. The summed E-state index contributed by atoms with van der Waals surface area (Å²) < 4.78 is 10.7. The summed E-state index contributed by atoms with van der Waals surface area (Å²) in [7, 11) is 0. The highest BCUT2D eigenvalue weighted by Crippen LogP contribution is 2.35. The highest BCUT2D eigenvalue weighted by atomic mass is 16.5. The van der Waals surface area contributed by atoms with E-state index in [0.29, 0.717) is 29.0 Å². The van der Waals surface area contributed by atoms with Gasteiger partial charge < -0.3 is 19.6 Å². The predicted molar refractivity (Wildman–Crippen MR) is 96.6 cm³/mol. The van der Waals surface area contributed by atoms with E-state index in [1.807, 2.05) is 0 Å². The van der Waals surface area contributed by atoms with Crippen LogP contribution in [0, 0.1) is 6.92 Å². The van der Waals surface area contributed by atoms with E-state index in [-0.39, 0.29) is 18.0 Å². The zero-order valence-electron chi connectivity index (χ0n) is 15.4. The summed E-state index contributed by atoms with van der Waals surface area (Å²) in [5.41, 5.74) is 0.0502. The monoisotopic (exact) mass is 372 g/mol. The fraction of sp³-hybridized carbons (Fsp3) is 0.579. The number of nitrogens with one attached hydrogen (secondary N) is 2. The third-order valence-electron chi connectivity index (χ3n) is 5.44. The lowest BCUT2D eigenvalue weighted by Crippen LogP contribution is -2.31. The van der Waals surface area contributed by atoms with E-state index in [1.165, 1.54) is 6.42 Å². The number of hydrogen-bond donors (Lipinski definition) is 2. The van der Waals surface area contributed by atoms with Gasteiger partial charge in [-0.25, -0.2) is 4.79 Å². The Morgan fingerprint density at radius 1 is 1.30 bits per heavy atom. The molecular formula is C19H24N4O4. The van der Waals surface area contributed by atoms with Gasteiger partial charge in [0.2, 0.25) is 5.89 Å². The van der Waals surface area contributed by atoms with Gasteiger partial charge in [0.1, 0.15) is 11.3 Å². The van der Waals surface area contributed by atoms with Crippen LogP contribution in [-0.4, -0.2) is 29.1 Å². The average Bonchev–Trinajstić information content (AvgIpc) is 3.07. The molecule has 2 aliphatic rings. The van der Waals surface area contributed by atoms with Crippen molar-refractivity contribution in [2.75, 3.05) is 13.1 Å².